The minimum atomic E-state index is 0.493. The van der Waals surface area contributed by atoms with Gasteiger partial charge in [-0.15, -0.1) is 0 Å². The van der Waals surface area contributed by atoms with E-state index >= 15 is 0 Å². The number of nitrogens with two attached hydrogens (primary N) is 1. The predicted molar refractivity (Wildman–Crippen MR) is 235 cm³/mol. The van der Waals surface area contributed by atoms with Gasteiger partial charge in [0.2, 0.25) is 0 Å². The average molecular weight is 703 g/mol. The number of anilines is 2. The van der Waals surface area contributed by atoms with Crippen molar-refractivity contribution in [3.05, 3.63) is 204 Å². The number of hydrogen-bond donors (Lipinski definition) is 1. The Bertz CT molecular complexity index is 2270. The lowest BCUT2D eigenvalue weighted by Gasteiger charge is -2.31. The van der Waals surface area contributed by atoms with Gasteiger partial charge in [-0.2, -0.15) is 0 Å². The van der Waals surface area contributed by atoms with Crippen molar-refractivity contribution in [2.24, 2.45) is 11.8 Å². The van der Waals surface area contributed by atoms with Crippen LogP contribution in [0.1, 0.15) is 51.7 Å². The fraction of sp³-hybridized carbons (Fsp3) is 0.154. The molecule has 1 aliphatic carbocycles. The number of nitrogen functional groups attached to an aromatic ring is 1. The van der Waals surface area contributed by atoms with Crippen LogP contribution in [-0.2, 0) is 0 Å². The molecule has 0 atom stereocenters. The van der Waals surface area contributed by atoms with Crippen molar-refractivity contribution >= 4 is 23.0 Å². The lowest BCUT2D eigenvalue weighted by Crippen LogP contribution is -2.20. The Morgan fingerprint density at radius 3 is 1.98 bits per heavy atom. The molecule has 268 valence electrons. The highest BCUT2D eigenvalue weighted by atomic mass is 15.1. The molecule has 2 N–H and O–H groups in total. The highest BCUT2D eigenvalue weighted by Crippen LogP contribution is 2.40. The summed E-state index contributed by atoms with van der Waals surface area (Å²) in [5, 5.41) is 0. The smallest absolute Gasteiger partial charge is 0.0464 e. The van der Waals surface area contributed by atoms with Crippen LogP contribution in [0.4, 0.5) is 11.4 Å². The zero-order valence-corrected chi connectivity index (χ0v) is 32.0. The molecule has 0 aromatic heterocycles. The van der Waals surface area contributed by atoms with Gasteiger partial charge in [0.25, 0.3) is 0 Å². The third kappa shape index (κ3) is 7.94. The van der Waals surface area contributed by atoms with Gasteiger partial charge in [0.1, 0.15) is 0 Å². The first-order chi connectivity index (χ1) is 26.3. The molecule has 1 aliphatic heterocycles. The van der Waals surface area contributed by atoms with Crippen LogP contribution in [0.25, 0.3) is 45.0 Å². The lowest BCUT2D eigenvalue weighted by atomic mass is 9.89. The summed E-state index contributed by atoms with van der Waals surface area (Å²) >= 11 is 0. The van der Waals surface area contributed by atoms with Crippen molar-refractivity contribution in [1.29, 1.82) is 0 Å². The Morgan fingerprint density at radius 1 is 0.685 bits per heavy atom. The molecule has 2 nitrogen and oxygen atoms in total. The van der Waals surface area contributed by atoms with E-state index in [9.17, 15) is 0 Å². The first kappa shape index (κ1) is 36.2. The van der Waals surface area contributed by atoms with Gasteiger partial charge in [-0.3, -0.25) is 0 Å². The number of para-hydroxylation sites is 1. The molecule has 2 aliphatic rings. The fourth-order valence-electron chi connectivity index (χ4n) is 7.69. The maximum atomic E-state index is 6.64. The summed E-state index contributed by atoms with van der Waals surface area (Å²) in [6, 6.07) is 43.2. The molecule has 5 aromatic carbocycles. The van der Waals surface area contributed by atoms with Crippen molar-refractivity contribution in [2.45, 2.75) is 40.5 Å². The Morgan fingerprint density at radius 2 is 1.33 bits per heavy atom. The Balaban J connectivity index is 1.36. The van der Waals surface area contributed by atoms with Crippen molar-refractivity contribution in [3.63, 3.8) is 0 Å². The van der Waals surface area contributed by atoms with E-state index in [-0.39, 0.29) is 0 Å². The minimum Gasteiger partial charge on any atom is -0.398 e. The second-order valence-corrected chi connectivity index (χ2v) is 14.8. The summed E-state index contributed by atoms with van der Waals surface area (Å²) in [6.45, 7) is 13.7. The molecule has 7 rings (SSSR count). The summed E-state index contributed by atoms with van der Waals surface area (Å²) in [7, 11) is 0. The van der Waals surface area contributed by atoms with Gasteiger partial charge in [-0.1, -0.05) is 161 Å². The van der Waals surface area contributed by atoms with E-state index in [0.717, 1.165) is 57.6 Å². The van der Waals surface area contributed by atoms with E-state index in [1.54, 1.807) is 0 Å². The molecule has 0 fully saturated rings. The predicted octanol–water partition coefficient (Wildman–Crippen LogP) is 14.1. The van der Waals surface area contributed by atoms with Gasteiger partial charge >= 0.3 is 0 Å². The third-order valence-electron chi connectivity index (χ3n) is 10.5. The summed E-state index contributed by atoms with van der Waals surface area (Å²) < 4.78 is 0. The molecule has 0 amide bonds. The largest absolute Gasteiger partial charge is 0.398 e. The molecular weight excluding hydrogens is 653 g/mol. The first-order valence-corrected chi connectivity index (χ1v) is 19.2. The van der Waals surface area contributed by atoms with Gasteiger partial charge < -0.3 is 10.6 Å². The van der Waals surface area contributed by atoms with Crippen molar-refractivity contribution in [3.8, 4) is 33.4 Å². The van der Waals surface area contributed by atoms with Crippen LogP contribution < -0.4 is 10.6 Å². The van der Waals surface area contributed by atoms with Crippen LogP contribution in [0.15, 0.2) is 193 Å². The van der Waals surface area contributed by atoms with Crippen LogP contribution in [-0.4, -0.2) is 0 Å². The quantitative estimate of drug-likeness (QED) is 0.122. The minimum absolute atomic E-state index is 0.493. The normalized spacial score (nSPS) is 15.9. The molecule has 0 saturated heterocycles. The van der Waals surface area contributed by atoms with E-state index in [4.69, 9.17) is 5.73 Å². The average Bonchev–Trinajstić information content (AvgIpc) is 3.19. The molecular formula is C52H50N2. The number of rotatable bonds is 9. The summed E-state index contributed by atoms with van der Waals surface area (Å²) in [6.07, 6.45) is 19.8. The lowest BCUT2D eigenvalue weighted by molar-refractivity contribution is 0.626. The second-order valence-electron chi connectivity index (χ2n) is 14.8. The van der Waals surface area contributed by atoms with E-state index in [0.29, 0.717) is 11.8 Å². The number of nitrogens with zero attached hydrogens (tertiary/aromatic N) is 1. The van der Waals surface area contributed by atoms with Crippen molar-refractivity contribution in [1.82, 2.24) is 0 Å². The molecule has 0 saturated carbocycles. The Kier molecular flexibility index (Phi) is 10.9. The van der Waals surface area contributed by atoms with Gasteiger partial charge in [0.15, 0.2) is 0 Å². The van der Waals surface area contributed by atoms with Gasteiger partial charge in [0, 0.05) is 34.4 Å². The highest BCUT2D eigenvalue weighted by Gasteiger charge is 2.21. The third-order valence-corrected chi connectivity index (χ3v) is 10.5. The molecule has 54 heavy (non-hydrogen) atoms. The number of hydrogen-bond acceptors (Lipinski definition) is 2. The van der Waals surface area contributed by atoms with Gasteiger partial charge in [0.05, 0.1) is 0 Å². The number of allylic oxidation sites excluding steroid dienone is 11. The summed E-state index contributed by atoms with van der Waals surface area (Å²) in [5.41, 5.74) is 23.6. The Hall–Kier alpha value is -6.12. The van der Waals surface area contributed by atoms with Gasteiger partial charge in [-0.05, 0) is 117 Å². The summed E-state index contributed by atoms with van der Waals surface area (Å²) in [4.78, 5) is 2.39. The maximum Gasteiger partial charge on any atom is 0.0464 e. The molecule has 5 aromatic rings. The maximum absolute atomic E-state index is 6.64. The molecule has 2 heteroatoms. The van der Waals surface area contributed by atoms with Crippen LogP contribution >= 0.6 is 0 Å². The van der Waals surface area contributed by atoms with E-state index < -0.39 is 0 Å². The second kappa shape index (κ2) is 16.3. The molecule has 1 heterocycles. The molecule has 0 spiro atoms. The standard InChI is InChI=1S/C52H50N2/c1-36(2)47(37(3)4)24-16-21-41-27-28-42(35-50(41)49-23-12-14-25-51(49)53)43-29-30-54(52-26-15-13-22-48(52)38(5)31-43)46-33-44(39-17-8-6-9-18-39)32-45(34-46)40-19-10-7-11-20-40/h6-14,16-25,27-37H,5,15,26,53H2,1-4H3/b21-16-,30-29-,43-31+. The Labute approximate surface area is 322 Å². The van der Waals surface area contributed by atoms with Crippen LogP contribution in [0.5, 0.6) is 0 Å². The van der Waals surface area contributed by atoms with E-state index in [1.807, 2.05) is 12.1 Å². The zero-order chi connectivity index (χ0) is 37.6. The van der Waals surface area contributed by atoms with Crippen molar-refractivity contribution in [2.75, 3.05) is 10.6 Å². The topological polar surface area (TPSA) is 29.3 Å². The highest BCUT2D eigenvalue weighted by molar-refractivity contribution is 5.89. The van der Waals surface area contributed by atoms with Crippen LogP contribution in [0, 0.1) is 11.8 Å². The SMILES string of the molecule is C=C1/C=C(c2ccc(/C=C\C=C(C(C)C)C(C)C)c(-c3ccccc3N)c2)\C=C/N(c2cc(-c3ccccc3)cc(-c3ccccc3)c2)C2=C1C=CCC2. The van der Waals surface area contributed by atoms with Crippen molar-refractivity contribution < 1.29 is 0 Å². The summed E-state index contributed by atoms with van der Waals surface area (Å²) in [5.74, 6) is 0.986. The van der Waals surface area contributed by atoms with Gasteiger partial charge in [-0.25, -0.2) is 0 Å². The molecule has 0 radical (unpaired) electrons. The molecule has 0 bridgehead atoms. The zero-order valence-electron chi connectivity index (χ0n) is 32.0. The fourth-order valence-corrected chi connectivity index (χ4v) is 7.69. The first-order valence-electron chi connectivity index (χ1n) is 19.2. The number of benzene rings is 5. The monoisotopic (exact) mass is 702 g/mol. The molecule has 0 unspecified atom stereocenters. The van der Waals surface area contributed by atoms with E-state index in [1.165, 1.54) is 39.1 Å². The van der Waals surface area contributed by atoms with Crippen LogP contribution in [0.3, 0.4) is 0 Å². The van der Waals surface area contributed by atoms with E-state index in [2.05, 4.69) is 197 Å². The van der Waals surface area contributed by atoms with Crippen LogP contribution in [0.2, 0.25) is 0 Å².